The third-order valence-corrected chi connectivity index (χ3v) is 6.61. The van der Waals surface area contributed by atoms with Gasteiger partial charge in [0.15, 0.2) is 0 Å². The largest absolute Gasteiger partial charge is 0.493 e. The minimum atomic E-state index is -0.236. The van der Waals surface area contributed by atoms with Crippen molar-refractivity contribution in [2.24, 2.45) is 5.92 Å². The molecule has 1 aliphatic carbocycles. The number of nitrogens with zero attached hydrogens (tertiary/aromatic N) is 1. The molecule has 0 bridgehead atoms. The lowest BCUT2D eigenvalue weighted by Gasteiger charge is -2.49. The number of rotatable bonds is 6. The van der Waals surface area contributed by atoms with Crippen LogP contribution in [0.25, 0.3) is 0 Å². The van der Waals surface area contributed by atoms with Crippen LogP contribution in [-0.2, 0) is 5.41 Å². The fourth-order valence-corrected chi connectivity index (χ4v) is 4.66. The topological polar surface area (TPSA) is 12.5 Å². The molecule has 4 rings (SSSR count). The summed E-state index contributed by atoms with van der Waals surface area (Å²) in [6.07, 6.45) is 5.85. The van der Waals surface area contributed by atoms with Crippen molar-refractivity contribution in [3.63, 3.8) is 0 Å². The molecule has 0 N–H and O–H groups in total. The number of ether oxygens (including phenoxy) is 1. The van der Waals surface area contributed by atoms with Crippen LogP contribution >= 0.6 is 11.6 Å². The molecule has 28 heavy (non-hydrogen) atoms. The summed E-state index contributed by atoms with van der Waals surface area (Å²) in [7, 11) is 0. The Bertz CT molecular complexity index is 814. The lowest BCUT2D eigenvalue weighted by molar-refractivity contribution is 0.124. The summed E-state index contributed by atoms with van der Waals surface area (Å²) in [5.74, 6) is 0.951. The predicted molar refractivity (Wildman–Crippen MR) is 112 cm³/mol. The van der Waals surface area contributed by atoms with Gasteiger partial charge in [0.05, 0.1) is 6.61 Å². The molecular formula is C24H27ClFNO. The Kier molecular flexibility index (Phi) is 5.63. The van der Waals surface area contributed by atoms with E-state index < -0.39 is 0 Å². The van der Waals surface area contributed by atoms with Crippen LogP contribution in [-0.4, -0.2) is 24.6 Å². The molecule has 0 spiro atoms. The number of halogens is 2. The average molecular weight is 400 g/mol. The highest BCUT2D eigenvalue weighted by Crippen LogP contribution is 2.50. The molecule has 1 unspecified atom stereocenters. The fraction of sp³-hybridized carbons (Fsp3) is 0.417. The van der Waals surface area contributed by atoms with Gasteiger partial charge in [-0.2, -0.15) is 0 Å². The molecule has 1 saturated heterocycles. The Balaban J connectivity index is 1.41. The first-order valence-electron chi connectivity index (χ1n) is 10.2. The predicted octanol–water partition coefficient (Wildman–Crippen LogP) is 6.21. The van der Waals surface area contributed by atoms with Crippen molar-refractivity contribution in [3.05, 3.63) is 77.2 Å². The van der Waals surface area contributed by atoms with Crippen LogP contribution in [0.4, 0.5) is 4.39 Å². The van der Waals surface area contributed by atoms with E-state index in [4.69, 9.17) is 16.3 Å². The van der Waals surface area contributed by atoms with Gasteiger partial charge in [-0.05, 0) is 67.6 Å². The molecule has 0 aromatic heterocycles. The Labute approximate surface area is 172 Å². The molecule has 2 aromatic rings. The van der Waals surface area contributed by atoms with Crippen molar-refractivity contribution < 1.29 is 9.13 Å². The molecule has 2 aliphatic rings. The number of piperidine rings is 1. The van der Waals surface area contributed by atoms with E-state index in [-0.39, 0.29) is 11.2 Å². The summed E-state index contributed by atoms with van der Waals surface area (Å²) in [4.78, 5) is 2.47. The SMILES string of the molecule is C=C(N1CCCC(COc2ccc(F)cc2)C1)C1(c2ccc(Cl)cc2)CCC1. The smallest absolute Gasteiger partial charge is 0.123 e. The van der Waals surface area contributed by atoms with E-state index in [1.807, 2.05) is 12.1 Å². The summed E-state index contributed by atoms with van der Waals surface area (Å²) < 4.78 is 19.0. The van der Waals surface area contributed by atoms with E-state index in [9.17, 15) is 4.39 Å². The molecular weight excluding hydrogens is 373 g/mol. The van der Waals surface area contributed by atoms with Gasteiger partial charge < -0.3 is 9.64 Å². The normalized spacial score (nSPS) is 21.1. The molecule has 2 aromatic carbocycles. The third-order valence-electron chi connectivity index (χ3n) is 6.36. The van der Waals surface area contributed by atoms with Crippen LogP contribution in [0.3, 0.4) is 0 Å². The van der Waals surface area contributed by atoms with Crippen molar-refractivity contribution in [2.75, 3.05) is 19.7 Å². The van der Waals surface area contributed by atoms with Gasteiger partial charge in [-0.25, -0.2) is 4.39 Å². The fourth-order valence-electron chi connectivity index (χ4n) is 4.54. The van der Waals surface area contributed by atoms with Crippen molar-refractivity contribution in [1.29, 1.82) is 0 Å². The first-order valence-corrected chi connectivity index (χ1v) is 10.5. The maximum absolute atomic E-state index is 13.1. The second-order valence-electron chi connectivity index (χ2n) is 8.11. The van der Waals surface area contributed by atoms with E-state index in [1.165, 1.54) is 29.8 Å². The van der Waals surface area contributed by atoms with Gasteiger partial charge in [-0.3, -0.25) is 0 Å². The van der Waals surface area contributed by atoms with Crippen LogP contribution in [0.15, 0.2) is 60.8 Å². The second kappa shape index (κ2) is 8.16. The molecule has 1 atom stereocenters. The third kappa shape index (κ3) is 3.91. The number of hydrogen-bond acceptors (Lipinski definition) is 2. The first-order chi connectivity index (χ1) is 13.6. The highest BCUT2D eigenvalue weighted by molar-refractivity contribution is 6.30. The molecule has 148 valence electrons. The van der Waals surface area contributed by atoms with Gasteiger partial charge in [0.1, 0.15) is 11.6 Å². The summed E-state index contributed by atoms with van der Waals surface area (Å²) in [5.41, 5.74) is 2.63. The summed E-state index contributed by atoms with van der Waals surface area (Å²) in [6, 6.07) is 14.6. The Hall–Kier alpha value is -2.00. The van der Waals surface area contributed by atoms with Gasteiger partial charge in [-0.1, -0.05) is 36.7 Å². The summed E-state index contributed by atoms with van der Waals surface area (Å²) in [5, 5.41) is 0.778. The summed E-state index contributed by atoms with van der Waals surface area (Å²) >= 11 is 6.10. The van der Waals surface area contributed by atoms with E-state index in [2.05, 4.69) is 23.6 Å². The van der Waals surface area contributed by atoms with Crippen molar-refractivity contribution in [3.8, 4) is 5.75 Å². The van der Waals surface area contributed by atoms with E-state index in [0.29, 0.717) is 12.5 Å². The highest BCUT2D eigenvalue weighted by atomic mass is 35.5. The standard InChI is InChI=1S/C24H27ClFNO/c1-18(24(13-3-14-24)20-5-7-21(25)8-6-20)27-15-2-4-19(16-27)17-28-23-11-9-22(26)10-12-23/h5-12,19H,1-4,13-17H2. The zero-order valence-corrected chi connectivity index (χ0v) is 16.9. The van der Waals surface area contributed by atoms with Crippen LogP contribution in [0, 0.1) is 11.7 Å². The maximum Gasteiger partial charge on any atom is 0.123 e. The lowest BCUT2D eigenvalue weighted by Crippen LogP contribution is -2.47. The molecule has 2 fully saturated rings. The van der Waals surface area contributed by atoms with Gasteiger partial charge >= 0.3 is 0 Å². The van der Waals surface area contributed by atoms with E-state index in [0.717, 1.165) is 49.5 Å². The zero-order valence-electron chi connectivity index (χ0n) is 16.2. The minimum Gasteiger partial charge on any atom is -0.493 e. The van der Waals surface area contributed by atoms with Gasteiger partial charge in [0.25, 0.3) is 0 Å². The Morgan fingerprint density at radius 3 is 2.46 bits per heavy atom. The Morgan fingerprint density at radius 2 is 1.82 bits per heavy atom. The summed E-state index contributed by atoms with van der Waals surface area (Å²) in [6.45, 7) is 7.22. The van der Waals surface area contributed by atoms with E-state index in [1.54, 1.807) is 12.1 Å². The van der Waals surface area contributed by atoms with E-state index >= 15 is 0 Å². The molecule has 1 heterocycles. The molecule has 1 aliphatic heterocycles. The molecule has 4 heteroatoms. The van der Waals surface area contributed by atoms with Gasteiger partial charge in [-0.15, -0.1) is 0 Å². The minimum absolute atomic E-state index is 0.0598. The first kappa shape index (κ1) is 19.3. The number of likely N-dealkylation sites (tertiary alicyclic amines) is 1. The van der Waals surface area contributed by atoms with Crippen LogP contribution in [0.2, 0.25) is 5.02 Å². The van der Waals surface area contributed by atoms with Crippen molar-refractivity contribution in [2.45, 2.75) is 37.5 Å². The molecule has 0 radical (unpaired) electrons. The number of allylic oxidation sites excluding steroid dienone is 1. The number of hydrogen-bond donors (Lipinski definition) is 0. The van der Waals surface area contributed by atoms with Crippen LogP contribution in [0.5, 0.6) is 5.75 Å². The maximum atomic E-state index is 13.1. The van der Waals surface area contributed by atoms with Crippen molar-refractivity contribution in [1.82, 2.24) is 4.90 Å². The highest BCUT2D eigenvalue weighted by Gasteiger charge is 2.43. The zero-order chi connectivity index (χ0) is 19.6. The quantitative estimate of drug-likeness (QED) is 0.572. The number of benzene rings is 2. The second-order valence-corrected chi connectivity index (χ2v) is 8.54. The molecule has 1 saturated carbocycles. The van der Waals surface area contributed by atoms with Gasteiger partial charge in [0.2, 0.25) is 0 Å². The Morgan fingerprint density at radius 1 is 1.11 bits per heavy atom. The lowest BCUT2D eigenvalue weighted by atomic mass is 9.62. The van der Waals surface area contributed by atoms with Crippen LogP contribution < -0.4 is 4.74 Å². The molecule has 2 nitrogen and oxygen atoms in total. The van der Waals surface area contributed by atoms with Crippen molar-refractivity contribution >= 4 is 11.6 Å². The molecule has 0 amide bonds. The monoisotopic (exact) mass is 399 g/mol. The van der Waals surface area contributed by atoms with Gasteiger partial charge in [0, 0.05) is 35.1 Å². The average Bonchev–Trinajstić information content (AvgIpc) is 2.68. The van der Waals surface area contributed by atoms with Crippen LogP contribution in [0.1, 0.15) is 37.7 Å².